The number of carbonyl (C=O) groups excluding carboxylic acids is 1. The third-order valence-electron chi connectivity index (χ3n) is 5.45. The number of anilines is 1. The first-order chi connectivity index (χ1) is 16.4. The molecule has 1 fully saturated rings. The lowest BCUT2D eigenvalue weighted by Crippen LogP contribution is -2.51. The molecule has 2 aliphatic rings. The third kappa shape index (κ3) is 6.59. The third-order valence-corrected chi connectivity index (χ3v) is 6.43. The van der Waals surface area contributed by atoms with Gasteiger partial charge < -0.3 is 20.2 Å². The summed E-state index contributed by atoms with van der Waals surface area (Å²) in [4.78, 5) is 59.5. The van der Waals surface area contributed by atoms with E-state index in [-0.39, 0.29) is 23.7 Å². The van der Waals surface area contributed by atoms with E-state index in [1.165, 1.54) is 0 Å². The Hall–Kier alpha value is -3.35. The molecule has 4 rings (SSSR count). The van der Waals surface area contributed by atoms with Crippen molar-refractivity contribution in [2.75, 3.05) is 43.4 Å². The molecule has 0 bridgehead atoms. The maximum absolute atomic E-state index is 11.7. The Morgan fingerprint density at radius 3 is 2.53 bits per heavy atom. The number of aromatic amines is 1. The van der Waals surface area contributed by atoms with Gasteiger partial charge in [-0.25, -0.2) is 19.6 Å². The standard InChI is InChI=1S/C11H15N5O3.C10H14N2O2S/c17-9(8-14-11(18)19)15-4-6-16(7-5-15)10-12-2-1-3-13-10;1-2-4-12-8-3-5-15-6-7(8)9(13)11-10(12)14/h1-3,14H,4-8H2,(H,18,19);2-6H2,1H3,(H,11,13,14). The van der Waals surface area contributed by atoms with Crippen LogP contribution in [-0.2, 0) is 23.5 Å². The first kappa shape index (κ1) is 25.3. The zero-order valence-corrected chi connectivity index (χ0v) is 19.8. The molecule has 0 atom stereocenters. The Morgan fingerprint density at radius 2 is 1.88 bits per heavy atom. The number of fused-ring (bicyclic) bond motifs is 1. The van der Waals surface area contributed by atoms with Crippen molar-refractivity contribution in [2.45, 2.75) is 32.1 Å². The second-order valence-corrected chi connectivity index (χ2v) is 8.82. The van der Waals surface area contributed by atoms with E-state index in [4.69, 9.17) is 5.11 Å². The number of aromatic nitrogens is 4. The fourth-order valence-electron chi connectivity index (χ4n) is 3.77. The normalized spacial score (nSPS) is 15.1. The highest BCUT2D eigenvalue weighted by molar-refractivity contribution is 7.98. The molecule has 0 aromatic carbocycles. The lowest BCUT2D eigenvalue weighted by molar-refractivity contribution is -0.130. The molecule has 34 heavy (non-hydrogen) atoms. The van der Waals surface area contributed by atoms with Crippen LogP contribution in [0.3, 0.4) is 0 Å². The van der Waals surface area contributed by atoms with Crippen LogP contribution in [0, 0.1) is 0 Å². The van der Waals surface area contributed by atoms with E-state index in [9.17, 15) is 19.2 Å². The Labute approximate surface area is 200 Å². The number of rotatable bonds is 5. The molecule has 13 heteroatoms. The van der Waals surface area contributed by atoms with Crippen LogP contribution in [0.15, 0.2) is 28.0 Å². The number of amides is 2. The summed E-state index contributed by atoms with van der Waals surface area (Å²) in [5, 5.41) is 10.5. The zero-order valence-electron chi connectivity index (χ0n) is 19.0. The van der Waals surface area contributed by atoms with Crippen LogP contribution in [0.25, 0.3) is 0 Å². The molecule has 2 amide bonds. The maximum atomic E-state index is 11.7. The van der Waals surface area contributed by atoms with Crippen molar-refractivity contribution >= 4 is 29.7 Å². The van der Waals surface area contributed by atoms with E-state index in [2.05, 4.69) is 20.3 Å². The molecule has 2 aromatic heterocycles. The van der Waals surface area contributed by atoms with Crippen LogP contribution in [-0.4, -0.2) is 80.0 Å². The highest BCUT2D eigenvalue weighted by atomic mass is 32.2. The van der Waals surface area contributed by atoms with Gasteiger partial charge in [-0.1, -0.05) is 6.92 Å². The average molecular weight is 492 g/mol. The van der Waals surface area contributed by atoms with Crippen LogP contribution in [0.5, 0.6) is 0 Å². The smallest absolute Gasteiger partial charge is 0.405 e. The van der Waals surface area contributed by atoms with Gasteiger partial charge in [0, 0.05) is 62.1 Å². The number of nitrogens with one attached hydrogen (secondary N) is 2. The molecule has 3 N–H and O–H groups in total. The molecule has 2 aliphatic heterocycles. The number of hydrogen-bond acceptors (Lipinski definition) is 8. The van der Waals surface area contributed by atoms with E-state index in [1.54, 1.807) is 39.7 Å². The maximum Gasteiger partial charge on any atom is 0.405 e. The van der Waals surface area contributed by atoms with Gasteiger partial charge in [0.2, 0.25) is 11.9 Å². The lowest BCUT2D eigenvalue weighted by Gasteiger charge is -2.34. The van der Waals surface area contributed by atoms with Gasteiger partial charge in [0.15, 0.2) is 0 Å². The van der Waals surface area contributed by atoms with E-state index in [1.807, 2.05) is 11.8 Å². The molecule has 0 aliphatic carbocycles. The Balaban J connectivity index is 0.000000196. The Bertz CT molecular complexity index is 1100. The van der Waals surface area contributed by atoms with Crippen molar-refractivity contribution in [3.05, 3.63) is 50.6 Å². The molecule has 1 saturated heterocycles. The van der Waals surface area contributed by atoms with Crippen molar-refractivity contribution in [3.8, 4) is 0 Å². The molecular formula is C21H29N7O5S. The first-order valence-electron chi connectivity index (χ1n) is 11.1. The van der Waals surface area contributed by atoms with Gasteiger partial charge in [-0.15, -0.1) is 0 Å². The van der Waals surface area contributed by atoms with E-state index >= 15 is 0 Å². The second kappa shape index (κ2) is 12.2. The molecule has 184 valence electrons. The van der Waals surface area contributed by atoms with Crippen LogP contribution >= 0.6 is 11.8 Å². The number of H-pyrrole nitrogens is 1. The van der Waals surface area contributed by atoms with Gasteiger partial charge in [0.05, 0.1) is 0 Å². The Kier molecular flexibility index (Phi) is 9.08. The molecule has 0 spiro atoms. The molecule has 2 aromatic rings. The minimum absolute atomic E-state index is 0.183. The van der Waals surface area contributed by atoms with Crippen molar-refractivity contribution in [1.82, 2.24) is 29.7 Å². The van der Waals surface area contributed by atoms with Crippen LogP contribution in [0.4, 0.5) is 10.7 Å². The lowest BCUT2D eigenvalue weighted by atomic mass is 10.2. The predicted molar refractivity (Wildman–Crippen MR) is 128 cm³/mol. The summed E-state index contributed by atoms with van der Waals surface area (Å²) in [6, 6.07) is 1.75. The number of carboxylic acid groups (broad SMARTS) is 1. The van der Waals surface area contributed by atoms with E-state index in [0.717, 1.165) is 35.6 Å². The minimum atomic E-state index is -1.19. The van der Waals surface area contributed by atoms with Gasteiger partial charge in [0.1, 0.15) is 6.54 Å². The second-order valence-electron chi connectivity index (χ2n) is 7.71. The highest BCUT2D eigenvalue weighted by Gasteiger charge is 2.22. The topological polar surface area (TPSA) is 154 Å². The monoisotopic (exact) mass is 491 g/mol. The molecule has 0 unspecified atom stereocenters. The summed E-state index contributed by atoms with van der Waals surface area (Å²) in [6.45, 7) is 4.91. The van der Waals surface area contributed by atoms with Crippen molar-refractivity contribution in [1.29, 1.82) is 0 Å². The Morgan fingerprint density at radius 1 is 1.18 bits per heavy atom. The van der Waals surface area contributed by atoms with E-state index < -0.39 is 6.09 Å². The van der Waals surface area contributed by atoms with E-state index in [0.29, 0.717) is 38.7 Å². The first-order valence-corrected chi connectivity index (χ1v) is 12.2. The zero-order chi connectivity index (χ0) is 24.5. The molecule has 12 nitrogen and oxygen atoms in total. The summed E-state index contributed by atoms with van der Waals surface area (Å²) in [5.74, 6) is 2.17. The minimum Gasteiger partial charge on any atom is -0.465 e. The van der Waals surface area contributed by atoms with Gasteiger partial charge >= 0.3 is 11.8 Å². The number of hydrogen-bond donors (Lipinski definition) is 3. The highest BCUT2D eigenvalue weighted by Crippen LogP contribution is 2.20. The van der Waals surface area contributed by atoms with Crippen molar-refractivity contribution in [3.63, 3.8) is 0 Å². The molecular weight excluding hydrogens is 462 g/mol. The summed E-state index contributed by atoms with van der Waals surface area (Å²) in [7, 11) is 0. The van der Waals surface area contributed by atoms with Crippen LogP contribution in [0.1, 0.15) is 24.6 Å². The summed E-state index contributed by atoms with van der Waals surface area (Å²) < 4.78 is 1.72. The number of nitrogens with zero attached hydrogens (tertiary/aromatic N) is 5. The number of piperazine rings is 1. The summed E-state index contributed by atoms with van der Waals surface area (Å²) in [6.07, 6.45) is 3.91. The molecule has 0 saturated carbocycles. The van der Waals surface area contributed by atoms with Crippen molar-refractivity contribution < 1.29 is 14.7 Å². The van der Waals surface area contributed by atoms with Gasteiger partial charge in [0.25, 0.3) is 5.56 Å². The van der Waals surface area contributed by atoms with Crippen LogP contribution < -0.4 is 21.5 Å². The van der Waals surface area contributed by atoms with Crippen LogP contribution in [0.2, 0.25) is 0 Å². The largest absolute Gasteiger partial charge is 0.465 e. The summed E-state index contributed by atoms with van der Waals surface area (Å²) in [5.41, 5.74) is 1.28. The fraction of sp³-hybridized carbons (Fsp3) is 0.524. The number of carbonyl (C=O) groups is 2. The summed E-state index contributed by atoms with van der Waals surface area (Å²) >= 11 is 1.75. The van der Waals surface area contributed by atoms with Gasteiger partial charge in [-0.05, 0) is 24.7 Å². The fourth-order valence-corrected chi connectivity index (χ4v) is 4.75. The molecule has 0 radical (unpaired) electrons. The van der Waals surface area contributed by atoms with Gasteiger partial charge in [-0.3, -0.25) is 19.1 Å². The van der Waals surface area contributed by atoms with Gasteiger partial charge in [-0.2, -0.15) is 11.8 Å². The van der Waals surface area contributed by atoms with Crippen molar-refractivity contribution in [2.24, 2.45) is 0 Å². The predicted octanol–water partition coefficient (Wildman–Crippen LogP) is 0.129. The quantitative estimate of drug-likeness (QED) is 0.529. The SMILES string of the molecule is CCCn1c2c(c(=O)[nH]c1=O)CSCC2.O=C(O)NCC(=O)N1CCN(c2ncccn2)CC1. The number of thioether (sulfide) groups is 1. The average Bonchev–Trinajstić information content (AvgIpc) is 2.86. The molecule has 4 heterocycles.